The zero-order valence-electron chi connectivity index (χ0n) is 19.4. The second kappa shape index (κ2) is 9.87. The van der Waals surface area contributed by atoms with Gasteiger partial charge in [-0.05, 0) is 74.8 Å². The van der Waals surface area contributed by atoms with Crippen molar-refractivity contribution in [1.82, 2.24) is 5.32 Å². The van der Waals surface area contributed by atoms with Crippen molar-refractivity contribution in [2.45, 2.75) is 58.6 Å². The van der Waals surface area contributed by atoms with Gasteiger partial charge < -0.3 is 15.4 Å². The molecule has 3 atom stereocenters. The summed E-state index contributed by atoms with van der Waals surface area (Å²) < 4.78 is 29.5. The van der Waals surface area contributed by atoms with E-state index in [1.54, 1.807) is 25.1 Å². The maximum atomic E-state index is 13.3. The summed E-state index contributed by atoms with van der Waals surface area (Å²) in [5.41, 5.74) is 2.26. The number of aryl methyl sites for hydroxylation is 1. The third-order valence-corrected chi connectivity index (χ3v) is 9.72. The van der Waals surface area contributed by atoms with Crippen LogP contribution in [0.5, 0.6) is 5.75 Å². The van der Waals surface area contributed by atoms with E-state index in [9.17, 15) is 18.0 Å². The number of carbonyl (C=O) groups excluding carboxylic acids is 2. The monoisotopic (exact) mass is 524 g/mol. The SMILES string of the molecule is Cc1cc(OC(C)C(=O)Nc2sc3c(c2C(=O)NC2CCS(=O)(=O)C2)CCC(C)C3)ccc1Cl. The number of hydrogen-bond donors (Lipinski definition) is 2. The normalized spacial score (nSPS) is 22.0. The van der Waals surface area contributed by atoms with E-state index < -0.39 is 22.0 Å². The summed E-state index contributed by atoms with van der Waals surface area (Å²) >= 11 is 7.49. The number of sulfone groups is 1. The van der Waals surface area contributed by atoms with Crippen LogP contribution < -0.4 is 15.4 Å². The molecule has 7 nitrogen and oxygen atoms in total. The molecule has 184 valence electrons. The molecule has 2 N–H and O–H groups in total. The maximum Gasteiger partial charge on any atom is 0.265 e. The lowest BCUT2D eigenvalue weighted by molar-refractivity contribution is -0.122. The van der Waals surface area contributed by atoms with Gasteiger partial charge in [-0.3, -0.25) is 9.59 Å². The largest absolute Gasteiger partial charge is 0.481 e. The molecule has 1 aliphatic carbocycles. The lowest BCUT2D eigenvalue weighted by atomic mass is 9.88. The molecule has 1 aromatic carbocycles. The van der Waals surface area contributed by atoms with Gasteiger partial charge in [0.25, 0.3) is 11.8 Å². The van der Waals surface area contributed by atoms with Gasteiger partial charge in [-0.1, -0.05) is 18.5 Å². The number of fused-ring (bicyclic) bond motifs is 1. The van der Waals surface area contributed by atoms with Gasteiger partial charge in [0.2, 0.25) is 0 Å². The van der Waals surface area contributed by atoms with Crippen molar-refractivity contribution in [2.75, 3.05) is 16.8 Å². The Hall–Kier alpha value is -2.10. The summed E-state index contributed by atoms with van der Waals surface area (Å²) in [5, 5.41) is 6.90. The molecule has 1 aromatic heterocycles. The van der Waals surface area contributed by atoms with Crippen LogP contribution in [0.25, 0.3) is 0 Å². The molecule has 34 heavy (non-hydrogen) atoms. The molecule has 10 heteroatoms. The second-order valence-electron chi connectivity index (χ2n) is 9.29. The number of carbonyl (C=O) groups is 2. The molecule has 1 aliphatic heterocycles. The smallest absolute Gasteiger partial charge is 0.265 e. The van der Waals surface area contributed by atoms with Crippen LogP contribution in [0.3, 0.4) is 0 Å². The Morgan fingerprint density at radius 3 is 2.71 bits per heavy atom. The summed E-state index contributed by atoms with van der Waals surface area (Å²) in [5.74, 6) is 0.378. The zero-order chi connectivity index (χ0) is 24.6. The van der Waals surface area contributed by atoms with E-state index in [0.29, 0.717) is 33.7 Å². The first-order chi connectivity index (χ1) is 16.0. The Morgan fingerprint density at radius 1 is 1.26 bits per heavy atom. The van der Waals surface area contributed by atoms with Crippen LogP contribution in [0.1, 0.15) is 53.1 Å². The Balaban J connectivity index is 1.53. The number of thiophene rings is 1. The molecule has 0 saturated carbocycles. The van der Waals surface area contributed by atoms with Crippen molar-refractivity contribution in [3.63, 3.8) is 0 Å². The van der Waals surface area contributed by atoms with E-state index in [1.165, 1.54) is 11.3 Å². The summed E-state index contributed by atoms with van der Waals surface area (Å²) in [6.07, 6.45) is 2.18. The summed E-state index contributed by atoms with van der Waals surface area (Å²) in [6.45, 7) is 5.68. The lowest BCUT2D eigenvalue weighted by Gasteiger charge is -2.19. The Bertz CT molecular complexity index is 1220. The van der Waals surface area contributed by atoms with Crippen molar-refractivity contribution in [3.05, 3.63) is 44.8 Å². The van der Waals surface area contributed by atoms with Gasteiger partial charge in [0.1, 0.15) is 10.8 Å². The van der Waals surface area contributed by atoms with Crippen LogP contribution in [0.15, 0.2) is 18.2 Å². The van der Waals surface area contributed by atoms with E-state index in [1.807, 2.05) is 6.92 Å². The summed E-state index contributed by atoms with van der Waals surface area (Å²) in [4.78, 5) is 27.3. The van der Waals surface area contributed by atoms with E-state index in [2.05, 4.69) is 17.6 Å². The molecule has 0 radical (unpaired) electrons. The van der Waals surface area contributed by atoms with Crippen LogP contribution in [-0.2, 0) is 27.5 Å². The summed E-state index contributed by atoms with van der Waals surface area (Å²) in [7, 11) is -3.12. The first kappa shape index (κ1) is 25.0. The number of nitrogens with one attached hydrogen (secondary N) is 2. The predicted molar refractivity (Wildman–Crippen MR) is 135 cm³/mol. The molecule has 4 rings (SSSR count). The number of benzene rings is 1. The van der Waals surface area contributed by atoms with Crippen molar-refractivity contribution in [2.24, 2.45) is 5.92 Å². The minimum absolute atomic E-state index is 0.0465. The molecule has 3 unspecified atom stereocenters. The summed E-state index contributed by atoms with van der Waals surface area (Å²) in [6, 6.07) is 4.79. The van der Waals surface area contributed by atoms with Gasteiger partial charge in [-0.25, -0.2) is 8.42 Å². The van der Waals surface area contributed by atoms with Crippen molar-refractivity contribution < 1.29 is 22.7 Å². The molecular weight excluding hydrogens is 496 g/mol. The zero-order valence-corrected chi connectivity index (χ0v) is 21.8. The minimum Gasteiger partial charge on any atom is -0.481 e. The molecule has 1 saturated heterocycles. The number of rotatable bonds is 6. The molecule has 2 aliphatic rings. The second-order valence-corrected chi connectivity index (χ2v) is 13.0. The quantitative estimate of drug-likeness (QED) is 0.591. The standard InChI is InChI=1S/C24H29ClN2O5S2/c1-13-4-6-18-20(10-13)33-24(21(18)23(29)26-16-8-9-34(30,31)12-16)27-22(28)15(3)32-17-5-7-19(25)14(2)11-17/h5,7,11,13,15-16H,4,6,8-10,12H2,1-3H3,(H,26,29)(H,27,28). The van der Waals surface area contributed by atoms with Gasteiger partial charge in [0.15, 0.2) is 15.9 Å². The third kappa shape index (κ3) is 5.58. The highest BCUT2D eigenvalue weighted by molar-refractivity contribution is 7.91. The molecule has 0 spiro atoms. The highest BCUT2D eigenvalue weighted by atomic mass is 35.5. The molecule has 1 fully saturated rings. The number of ether oxygens (including phenoxy) is 1. The van der Waals surface area contributed by atoms with Gasteiger partial charge in [0, 0.05) is 15.9 Å². The number of anilines is 1. The molecular formula is C24H29ClN2O5S2. The van der Waals surface area contributed by atoms with Crippen LogP contribution >= 0.6 is 22.9 Å². The first-order valence-corrected chi connectivity index (χ1v) is 14.4. The van der Waals surface area contributed by atoms with Crippen molar-refractivity contribution in [1.29, 1.82) is 0 Å². The maximum absolute atomic E-state index is 13.3. The highest BCUT2D eigenvalue weighted by Crippen LogP contribution is 2.40. The molecule has 2 aromatic rings. The Labute approximate surface area is 209 Å². The minimum atomic E-state index is -3.12. The fourth-order valence-corrected chi connectivity index (χ4v) is 7.61. The fourth-order valence-electron chi connectivity index (χ4n) is 4.41. The lowest BCUT2D eigenvalue weighted by Crippen LogP contribution is -2.37. The van der Waals surface area contributed by atoms with Gasteiger partial charge in [0.05, 0.1) is 17.1 Å². The first-order valence-electron chi connectivity index (χ1n) is 11.4. The van der Waals surface area contributed by atoms with E-state index >= 15 is 0 Å². The fraction of sp³-hybridized carbons (Fsp3) is 0.500. The van der Waals surface area contributed by atoms with Crippen LogP contribution in [0, 0.1) is 12.8 Å². The topological polar surface area (TPSA) is 102 Å². The number of amides is 2. The average molecular weight is 525 g/mol. The van der Waals surface area contributed by atoms with E-state index in [0.717, 1.165) is 35.3 Å². The van der Waals surface area contributed by atoms with E-state index in [4.69, 9.17) is 16.3 Å². The van der Waals surface area contributed by atoms with E-state index in [-0.39, 0.29) is 23.3 Å². The number of hydrogen-bond acceptors (Lipinski definition) is 6. The van der Waals surface area contributed by atoms with Crippen molar-refractivity contribution >= 4 is 49.6 Å². The average Bonchev–Trinajstić information content (AvgIpc) is 3.28. The van der Waals surface area contributed by atoms with Crippen LogP contribution in [0.4, 0.5) is 5.00 Å². The Kier molecular flexibility index (Phi) is 7.26. The third-order valence-electron chi connectivity index (χ3n) is 6.35. The number of halogens is 1. The van der Waals surface area contributed by atoms with Gasteiger partial charge in [-0.2, -0.15) is 0 Å². The molecule has 2 amide bonds. The van der Waals surface area contributed by atoms with Crippen molar-refractivity contribution in [3.8, 4) is 5.75 Å². The predicted octanol–water partition coefficient (Wildman–Crippen LogP) is 4.16. The van der Waals surface area contributed by atoms with Crippen LogP contribution in [0.2, 0.25) is 5.02 Å². The van der Waals surface area contributed by atoms with Gasteiger partial charge >= 0.3 is 0 Å². The molecule has 2 heterocycles. The molecule has 0 bridgehead atoms. The van der Waals surface area contributed by atoms with Gasteiger partial charge in [-0.15, -0.1) is 11.3 Å². The highest BCUT2D eigenvalue weighted by Gasteiger charge is 2.33. The van der Waals surface area contributed by atoms with Crippen LogP contribution in [-0.4, -0.2) is 43.9 Å². The Morgan fingerprint density at radius 2 is 2.03 bits per heavy atom.